The molecule has 0 radical (unpaired) electrons. The Morgan fingerprint density at radius 3 is 2.76 bits per heavy atom. The van der Waals surface area contributed by atoms with Gasteiger partial charge in [0, 0.05) is 13.5 Å². The summed E-state index contributed by atoms with van der Waals surface area (Å²) in [7, 11) is 1.74. The summed E-state index contributed by atoms with van der Waals surface area (Å²) in [6.07, 6.45) is 13.6. The van der Waals surface area contributed by atoms with E-state index in [4.69, 9.17) is 4.74 Å². The van der Waals surface area contributed by atoms with Gasteiger partial charge >= 0.3 is 0 Å². The van der Waals surface area contributed by atoms with E-state index in [1.165, 1.54) is 5.57 Å². The Hall–Kier alpha value is -1.15. The van der Waals surface area contributed by atoms with Gasteiger partial charge in [0.2, 0.25) is 0 Å². The molecule has 0 fully saturated rings. The zero-order valence-electron chi connectivity index (χ0n) is 11.0. The van der Waals surface area contributed by atoms with E-state index in [1.807, 2.05) is 18.2 Å². The summed E-state index contributed by atoms with van der Waals surface area (Å²) in [6.45, 7) is 5.84. The highest BCUT2D eigenvalue weighted by Gasteiger charge is 2.04. The molecule has 0 aliphatic heterocycles. The van der Waals surface area contributed by atoms with Gasteiger partial charge in [-0.05, 0) is 32.6 Å². The standard InChI is InChI=1S/C15H24O2/c1-4-9-15(17-3)12-11-14(2)10-7-5-6-8-13-16/h4-5,7,10,13,15H,1,6,8-9,11-12H2,2-3H3/b7-5+,14-10+/t15-/m0/s1. The summed E-state index contributed by atoms with van der Waals surface area (Å²) < 4.78 is 5.34. The minimum absolute atomic E-state index is 0.273. The van der Waals surface area contributed by atoms with Gasteiger partial charge in [0.25, 0.3) is 0 Å². The number of aldehydes is 1. The van der Waals surface area contributed by atoms with E-state index in [1.54, 1.807) is 7.11 Å². The molecule has 2 heteroatoms. The van der Waals surface area contributed by atoms with E-state index in [0.29, 0.717) is 6.42 Å². The number of hydrogen-bond acceptors (Lipinski definition) is 2. The fourth-order valence-electron chi connectivity index (χ4n) is 1.48. The normalized spacial score (nSPS) is 13.9. The van der Waals surface area contributed by atoms with Crippen LogP contribution in [0.15, 0.2) is 36.5 Å². The molecule has 1 atom stereocenters. The zero-order chi connectivity index (χ0) is 12.9. The second-order valence-corrected chi connectivity index (χ2v) is 4.11. The lowest BCUT2D eigenvalue weighted by molar-refractivity contribution is -0.107. The molecule has 0 spiro atoms. The Morgan fingerprint density at radius 2 is 2.18 bits per heavy atom. The number of carbonyl (C=O) groups excluding carboxylic acids is 1. The smallest absolute Gasteiger partial charge is 0.120 e. The molecule has 0 aromatic heterocycles. The highest BCUT2D eigenvalue weighted by Crippen LogP contribution is 2.12. The van der Waals surface area contributed by atoms with Crippen LogP contribution in [-0.4, -0.2) is 19.5 Å². The number of allylic oxidation sites excluding steroid dienone is 4. The Labute approximate surface area is 105 Å². The highest BCUT2D eigenvalue weighted by atomic mass is 16.5. The van der Waals surface area contributed by atoms with Gasteiger partial charge in [0.1, 0.15) is 6.29 Å². The first-order valence-corrected chi connectivity index (χ1v) is 6.14. The summed E-state index contributed by atoms with van der Waals surface area (Å²) in [5.41, 5.74) is 1.33. The van der Waals surface area contributed by atoms with Crippen LogP contribution in [0.4, 0.5) is 0 Å². The number of rotatable bonds is 10. The molecule has 0 bridgehead atoms. The minimum Gasteiger partial charge on any atom is -0.381 e. The summed E-state index contributed by atoms with van der Waals surface area (Å²) in [6, 6.07) is 0. The van der Waals surface area contributed by atoms with Crippen LogP contribution >= 0.6 is 0 Å². The lowest BCUT2D eigenvalue weighted by atomic mass is 10.1. The highest BCUT2D eigenvalue weighted by molar-refractivity contribution is 5.49. The number of methoxy groups -OCH3 is 1. The van der Waals surface area contributed by atoms with E-state index in [0.717, 1.165) is 32.0 Å². The lowest BCUT2D eigenvalue weighted by Crippen LogP contribution is -2.08. The summed E-state index contributed by atoms with van der Waals surface area (Å²) in [5, 5.41) is 0. The topological polar surface area (TPSA) is 26.3 Å². The van der Waals surface area contributed by atoms with Gasteiger partial charge in [0.15, 0.2) is 0 Å². The van der Waals surface area contributed by atoms with Gasteiger partial charge in [-0.1, -0.05) is 29.9 Å². The van der Waals surface area contributed by atoms with Crippen LogP contribution in [-0.2, 0) is 9.53 Å². The molecule has 17 heavy (non-hydrogen) atoms. The van der Waals surface area contributed by atoms with Crippen LogP contribution in [0.1, 0.15) is 39.0 Å². The van der Waals surface area contributed by atoms with Gasteiger partial charge in [-0.15, -0.1) is 6.58 Å². The van der Waals surface area contributed by atoms with Crippen molar-refractivity contribution in [2.24, 2.45) is 0 Å². The fraction of sp³-hybridized carbons (Fsp3) is 0.533. The van der Waals surface area contributed by atoms with Crippen LogP contribution < -0.4 is 0 Å². The van der Waals surface area contributed by atoms with E-state index >= 15 is 0 Å². The summed E-state index contributed by atoms with van der Waals surface area (Å²) >= 11 is 0. The predicted molar refractivity (Wildman–Crippen MR) is 73.0 cm³/mol. The Kier molecular flexibility index (Phi) is 10.6. The molecule has 0 rings (SSSR count). The maximum Gasteiger partial charge on any atom is 0.120 e. The lowest BCUT2D eigenvalue weighted by Gasteiger charge is -2.12. The van der Waals surface area contributed by atoms with Crippen molar-refractivity contribution in [3.8, 4) is 0 Å². The van der Waals surface area contributed by atoms with Crippen LogP contribution in [0.2, 0.25) is 0 Å². The average molecular weight is 236 g/mol. The quantitative estimate of drug-likeness (QED) is 0.249. The number of unbranched alkanes of at least 4 members (excludes halogenated alkanes) is 1. The first-order chi connectivity index (χ1) is 8.24. The van der Waals surface area contributed by atoms with Crippen LogP contribution in [0, 0.1) is 0 Å². The SMILES string of the molecule is C=CC[C@@H](CC/C(C)=C/C=C/CCC=O)OC. The third kappa shape index (κ3) is 9.76. The van der Waals surface area contributed by atoms with Crippen molar-refractivity contribution in [3.63, 3.8) is 0 Å². The molecule has 0 amide bonds. The predicted octanol–water partition coefficient (Wildman–Crippen LogP) is 3.84. The Balaban J connectivity index is 3.85. The molecule has 2 nitrogen and oxygen atoms in total. The van der Waals surface area contributed by atoms with E-state index < -0.39 is 0 Å². The van der Waals surface area contributed by atoms with Crippen molar-refractivity contribution in [2.75, 3.05) is 7.11 Å². The van der Waals surface area contributed by atoms with E-state index in [9.17, 15) is 4.79 Å². The first-order valence-electron chi connectivity index (χ1n) is 6.14. The molecule has 0 unspecified atom stereocenters. The maximum atomic E-state index is 10.1. The van der Waals surface area contributed by atoms with Crippen molar-refractivity contribution >= 4 is 6.29 Å². The number of hydrogen-bond donors (Lipinski definition) is 0. The molecule has 0 aromatic carbocycles. The van der Waals surface area contributed by atoms with Crippen LogP contribution in [0.25, 0.3) is 0 Å². The molecule has 0 aliphatic rings. The average Bonchev–Trinajstić information content (AvgIpc) is 2.34. The third-order valence-electron chi connectivity index (χ3n) is 2.59. The largest absolute Gasteiger partial charge is 0.381 e. The number of carbonyl (C=O) groups is 1. The Bertz CT molecular complexity index is 264. The molecule has 96 valence electrons. The van der Waals surface area contributed by atoms with Crippen LogP contribution in [0.3, 0.4) is 0 Å². The third-order valence-corrected chi connectivity index (χ3v) is 2.59. The van der Waals surface area contributed by atoms with Crippen molar-refractivity contribution in [3.05, 3.63) is 36.5 Å². The second kappa shape index (κ2) is 11.3. The van der Waals surface area contributed by atoms with Crippen molar-refractivity contribution < 1.29 is 9.53 Å². The first kappa shape index (κ1) is 15.9. The van der Waals surface area contributed by atoms with Gasteiger partial charge in [-0.2, -0.15) is 0 Å². The molecule has 0 aromatic rings. The van der Waals surface area contributed by atoms with Gasteiger partial charge in [-0.3, -0.25) is 0 Å². The molecule has 0 heterocycles. The maximum absolute atomic E-state index is 10.1. The Morgan fingerprint density at radius 1 is 1.41 bits per heavy atom. The molecule has 0 N–H and O–H groups in total. The second-order valence-electron chi connectivity index (χ2n) is 4.11. The molecular formula is C15H24O2. The van der Waals surface area contributed by atoms with Crippen molar-refractivity contribution in [1.29, 1.82) is 0 Å². The van der Waals surface area contributed by atoms with Crippen LogP contribution in [0.5, 0.6) is 0 Å². The van der Waals surface area contributed by atoms with E-state index in [2.05, 4.69) is 19.6 Å². The van der Waals surface area contributed by atoms with Gasteiger partial charge in [0.05, 0.1) is 6.10 Å². The summed E-state index contributed by atoms with van der Waals surface area (Å²) in [5.74, 6) is 0. The fourth-order valence-corrected chi connectivity index (χ4v) is 1.48. The van der Waals surface area contributed by atoms with Crippen molar-refractivity contribution in [2.45, 2.75) is 45.1 Å². The monoisotopic (exact) mass is 236 g/mol. The molecule has 0 saturated heterocycles. The molecule has 0 saturated carbocycles. The minimum atomic E-state index is 0.273. The van der Waals surface area contributed by atoms with Crippen molar-refractivity contribution in [1.82, 2.24) is 0 Å². The van der Waals surface area contributed by atoms with Gasteiger partial charge < -0.3 is 9.53 Å². The van der Waals surface area contributed by atoms with Gasteiger partial charge in [-0.25, -0.2) is 0 Å². The summed E-state index contributed by atoms with van der Waals surface area (Å²) in [4.78, 5) is 10.1. The molecular weight excluding hydrogens is 212 g/mol. The van der Waals surface area contributed by atoms with E-state index in [-0.39, 0.29) is 6.10 Å². The number of ether oxygens (including phenoxy) is 1. The molecule has 0 aliphatic carbocycles. The zero-order valence-corrected chi connectivity index (χ0v) is 11.0.